The van der Waals surface area contributed by atoms with Crippen molar-refractivity contribution < 1.29 is 4.74 Å². The van der Waals surface area contributed by atoms with Crippen LogP contribution in [0.15, 0.2) is 12.1 Å². The van der Waals surface area contributed by atoms with E-state index in [-0.39, 0.29) is 0 Å². The third kappa shape index (κ3) is 2.07. The van der Waals surface area contributed by atoms with Crippen molar-refractivity contribution >= 4 is 23.2 Å². The van der Waals surface area contributed by atoms with E-state index in [0.717, 1.165) is 12.0 Å². The molecule has 4 heteroatoms. The first-order valence-corrected chi connectivity index (χ1v) is 5.66. The SMILES string of the molecule is COc1cc(Cl)c(C2CC(C)N2)cc1Cl. The molecule has 2 atom stereocenters. The fraction of sp³-hybridized carbons (Fsp3) is 0.455. The molecule has 15 heavy (non-hydrogen) atoms. The van der Waals surface area contributed by atoms with E-state index in [1.807, 2.05) is 6.07 Å². The summed E-state index contributed by atoms with van der Waals surface area (Å²) in [6.45, 7) is 2.15. The third-order valence-corrected chi connectivity index (χ3v) is 3.34. The van der Waals surface area contributed by atoms with E-state index in [1.54, 1.807) is 13.2 Å². The lowest BCUT2D eigenvalue weighted by Gasteiger charge is -2.35. The molecule has 1 fully saturated rings. The maximum absolute atomic E-state index is 6.16. The Hall–Kier alpha value is -0.440. The Kier molecular flexibility index (Phi) is 3.10. The molecule has 1 aliphatic heterocycles. The van der Waals surface area contributed by atoms with Crippen molar-refractivity contribution in [1.82, 2.24) is 5.32 Å². The van der Waals surface area contributed by atoms with Gasteiger partial charge < -0.3 is 10.1 Å². The Labute approximate surface area is 99.5 Å². The van der Waals surface area contributed by atoms with Gasteiger partial charge in [0, 0.05) is 23.2 Å². The van der Waals surface area contributed by atoms with Gasteiger partial charge in [0.2, 0.25) is 0 Å². The van der Waals surface area contributed by atoms with Crippen LogP contribution in [0.4, 0.5) is 0 Å². The Morgan fingerprint density at radius 2 is 2.00 bits per heavy atom. The van der Waals surface area contributed by atoms with Gasteiger partial charge in [-0.15, -0.1) is 0 Å². The Morgan fingerprint density at radius 1 is 1.33 bits per heavy atom. The van der Waals surface area contributed by atoms with Crippen molar-refractivity contribution in [2.45, 2.75) is 25.4 Å². The summed E-state index contributed by atoms with van der Waals surface area (Å²) in [7, 11) is 1.58. The normalized spacial score (nSPS) is 24.8. The number of hydrogen-bond donors (Lipinski definition) is 1. The molecule has 1 aromatic rings. The van der Waals surface area contributed by atoms with Crippen molar-refractivity contribution in [3.63, 3.8) is 0 Å². The van der Waals surface area contributed by atoms with E-state index in [9.17, 15) is 0 Å². The zero-order valence-corrected chi connectivity index (χ0v) is 10.2. The predicted octanol–water partition coefficient (Wildman–Crippen LogP) is 3.42. The average molecular weight is 246 g/mol. The van der Waals surface area contributed by atoms with Gasteiger partial charge in [-0.05, 0) is 25.0 Å². The van der Waals surface area contributed by atoms with Crippen LogP contribution in [0.1, 0.15) is 24.9 Å². The summed E-state index contributed by atoms with van der Waals surface area (Å²) in [6.07, 6.45) is 1.10. The topological polar surface area (TPSA) is 21.3 Å². The fourth-order valence-corrected chi connectivity index (χ4v) is 2.39. The summed E-state index contributed by atoms with van der Waals surface area (Å²) in [5, 5.41) is 4.70. The molecule has 2 nitrogen and oxygen atoms in total. The molecule has 2 unspecified atom stereocenters. The Balaban J connectivity index is 2.29. The second-order valence-electron chi connectivity index (χ2n) is 3.86. The van der Waals surface area contributed by atoms with Crippen molar-refractivity contribution in [3.05, 3.63) is 27.7 Å². The van der Waals surface area contributed by atoms with Gasteiger partial charge in [0.15, 0.2) is 0 Å². The smallest absolute Gasteiger partial charge is 0.138 e. The first-order valence-electron chi connectivity index (χ1n) is 4.90. The van der Waals surface area contributed by atoms with Crippen LogP contribution >= 0.6 is 23.2 Å². The van der Waals surface area contributed by atoms with Gasteiger partial charge in [-0.1, -0.05) is 23.2 Å². The van der Waals surface area contributed by atoms with Crippen LogP contribution in [-0.4, -0.2) is 13.2 Å². The summed E-state index contributed by atoms with van der Waals surface area (Å²) in [5.74, 6) is 0.623. The highest BCUT2D eigenvalue weighted by Gasteiger charge is 2.28. The van der Waals surface area contributed by atoms with Crippen molar-refractivity contribution in [1.29, 1.82) is 0 Å². The largest absolute Gasteiger partial charge is 0.495 e. The van der Waals surface area contributed by atoms with Gasteiger partial charge in [0.1, 0.15) is 5.75 Å². The second kappa shape index (κ2) is 4.20. The monoisotopic (exact) mass is 245 g/mol. The number of ether oxygens (including phenoxy) is 1. The average Bonchev–Trinajstić information content (AvgIpc) is 2.16. The van der Waals surface area contributed by atoms with Gasteiger partial charge in [-0.2, -0.15) is 0 Å². The summed E-state index contributed by atoms with van der Waals surface area (Å²) in [4.78, 5) is 0. The maximum Gasteiger partial charge on any atom is 0.138 e. The molecule has 1 aromatic carbocycles. The van der Waals surface area contributed by atoms with Crippen molar-refractivity contribution in [2.75, 3.05) is 7.11 Å². The molecule has 82 valence electrons. The van der Waals surface area contributed by atoms with Crippen LogP contribution in [-0.2, 0) is 0 Å². The summed E-state index contributed by atoms with van der Waals surface area (Å²) < 4.78 is 5.10. The molecule has 1 N–H and O–H groups in total. The van der Waals surface area contributed by atoms with E-state index in [4.69, 9.17) is 27.9 Å². The van der Waals surface area contributed by atoms with E-state index in [2.05, 4.69) is 12.2 Å². The number of rotatable bonds is 2. The predicted molar refractivity (Wildman–Crippen MR) is 63.0 cm³/mol. The third-order valence-electron chi connectivity index (χ3n) is 2.72. The van der Waals surface area contributed by atoms with Gasteiger partial charge >= 0.3 is 0 Å². The molecule has 0 aliphatic carbocycles. The zero-order chi connectivity index (χ0) is 11.0. The quantitative estimate of drug-likeness (QED) is 0.863. The lowest BCUT2D eigenvalue weighted by molar-refractivity contribution is 0.287. The minimum Gasteiger partial charge on any atom is -0.495 e. The highest BCUT2D eigenvalue weighted by molar-refractivity contribution is 6.34. The van der Waals surface area contributed by atoms with E-state index >= 15 is 0 Å². The lowest BCUT2D eigenvalue weighted by atomic mass is 9.92. The Bertz CT molecular complexity index is 375. The molecule has 0 spiro atoms. The molecular formula is C11H13Cl2NO. The number of hydrogen-bond acceptors (Lipinski definition) is 2. The molecule has 0 amide bonds. The van der Waals surface area contributed by atoms with Gasteiger partial charge in [-0.3, -0.25) is 0 Å². The zero-order valence-electron chi connectivity index (χ0n) is 8.68. The standard InChI is InChI=1S/C11H13Cl2NO/c1-6-3-10(14-6)7-4-9(13)11(15-2)5-8(7)12/h4-6,10,14H,3H2,1-2H3. The lowest BCUT2D eigenvalue weighted by Crippen LogP contribution is -2.43. The molecule has 1 heterocycles. The maximum atomic E-state index is 6.16. The van der Waals surface area contributed by atoms with Gasteiger partial charge in [0.25, 0.3) is 0 Å². The fourth-order valence-electron chi connectivity index (χ4n) is 1.86. The highest BCUT2D eigenvalue weighted by Crippen LogP contribution is 2.38. The van der Waals surface area contributed by atoms with Crippen LogP contribution in [0, 0.1) is 0 Å². The number of benzene rings is 1. The molecular weight excluding hydrogens is 233 g/mol. The molecule has 0 radical (unpaired) electrons. The van der Waals surface area contributed by atoms with Crippen LogP contribution in [0.2, 0.25) is 10.0 Å². The molecule has 1 aliphatic rings. The van der Waals surface area contributed by atoms with Gasteiger partial charge in [0.05, 0.1) is 12.1 Å². The first-order chi connectivity index (χ1) is 7.11. The van der Waals surface area contributed by atoms with Crippen LogP contribution in [0.3, 0.4) is 0 Å². The number of methoxy groups -OCH3 is 1. The van der Waals surface area contributed by atoms with Crippen LogP contribution in [0.25, 0.3) is 0 Å². The minimum absolute atomic E-state index is 0.330. The number of nitrogens with one attached hydrogen (secondary N) is 1. The molecule has 1 saturated heterocycles. The van der Waals surface area contributed by atoms with Crippen molar-refractivity contribution in [2.24, 2.45) is 0 Å². The first kappa shape index (κ1) is 11.1. The summed E-state index contributed by atoms with van der Waals surface area (Å²) in [6, 6.07) is 4.54. The molecule has 0 saturated carbocycles. The molecule has 0 aromatic heterocycles. The summed E-state index contributed by atoms with van der Waals surface area (Å²) >= 11 is 12.2. The van der Waals surface area contributed by atoms with E-state index < -0.39 is 0 Å². The van der Waals surface area contributed by atoms with Crippen LogP contribution in [0.5, 0.6) is 5.75 Å². The minimum atomic E-state index is 0.330. The van der Waals surface area contributed by atoms with E-state index in [1.165, 1.54) is 0 Å². The van der Waals surface area contributed by atoms with Crippen molar-refractivity contribution in [3.8, 4) is 5.75 Å². The Morgan fingerprint density at radius 3 is 2.53 bits per heavy atom. The van der Waals surface area contributed by atoms with Crippen LogP contribution < -0.4 is 10.1 Å². The molecule has 2 rings (SSSR count). The number of halogens is 2. The molecule has 0 bridgehead atoms. The second-order valence-corrected chi connectivity index (χ2v) is 4.68. The highest BCUT2D eigenvalue weighted by atomic mass is 35.5. The van der Waals surface area contributed by atoms with Gasteiger partial charge in [-0.25, -0.2) is 0 Å². The summed E-state index contributed by atoms with van der Waals surface area (Å²) in [5.41, 5.74) is 1.06. The van der Waals surface area contributed by atoms with E-state index in [0.29, 0.717) is 27.9 Å².